The molecule has 0 aromatic heterocycles. The first-order valence-corrected chi connectivity index (χ1v) is 15.4. The standard InChI is InChI=1S/2C17H25N/c2*1-4-10-16(11-5-1)17(12-6-2-7-13-17)18-14-8-3-9-15-18/h2*1,4-5,10-11H,2-3,6-9,12-15H2. The molecule has 196 valence electrons. The summed E-state index contributed by atoms with van der Waals surface area (Å²) in [7, 11) is 0. The van der Waals surface area contributed by atoms with E-state index >= 15 is 0 Å². The summed E-state index contributed by atoms with van der Waals surface area (Å²) in [4.78, 5) is 5.62. The maximum absolute atomic E-state index is 2.81. The number of likely N-dealkylation sites (tertiary alicyclic amines) is 2. The fraction of sp³-hybridized carbons (Fsp3) is 0.647. The lowest BCUT2D eigenvalue weighted by atomic mass is 9.74. The minimum Gasteiger partial charge on any atom is -0.294 e. The summed E-state index contributed by atoms with van der Waals surface area (Å²) < 4.78 is 0. The Balaban J connectivity index is 0.000000148. The van der Waals surface area contributed by atoms with Gasteiger partial charge in [-0.05, 0) is 88.7 Å². The Morgan fingerprint density at radius 1 is 0.361 bits per heavy atom. The molecule has 2 heterocycles. The maximum atomic E-state index is 2.81. The fourth-order valence-electron chi connectivity index (χ4n) is 7.99. The number of nitrogens with zero attached hydrogens (tertiary/aromatic N) is 2. The lowest BCUT2D eigenvalue weighted by Crippen LogP contribution is -2.49. The van der Waals surface area contributed by atoms with Gasteiger partial charge < -0.3 is 0 Å². The highest BCUT2D eigenvalue weighted by atomic mass is 15.2. The first-order chi connectivity index (χ1) is 17.8. The van der Waals surface area contributed by atoms with Crippen molar-refractivity contribution in [1.82, 2.24) is 9.80 Å². The lowest BCUT2D eigenvalue weighted by molar-refractivity contribution is 0.0303. The summed E-state index contributed by atoms with van der Waals surface area (Å²) in [6.45, 7) is 5.26. The molecule has 0 unspecified atom stereocenters. The molecule has 2 saturated carbocycles. The molecule has 2 nitrogen and oxygen atoms in total. The van der Waals surface area contributed by atoms with Crippen LogP contribution in [0.25, 0.3) is 0 Å². The van der Waals surface area contributed by atoms with Gasteiger partial charge in [-0.2, -0.15) is 0 Å². The molecular formula is C34H50N2. The molecular weight excluding hydrogens is 436 g/mol. The Kier molecular flexibility index (Phi) is 9.20. The average Bonchev–Trinajstić information content (AvgIpc) is 3.00. The molecule has 0 atom stereocenters. The number of benzene rings is 2. The SMILES string of the molecule is c1ccc(C2(N3CCCCC3)CCCCC2)cc1.c1ccc(C2(N3CCCCC3)CCCCC2)cc1. The number of piperidine rings is 2. The van der Waals surface area contributed by atoms with Gasteiger partial charge in [0.05, 0.1) is 0 Å². The molecule has 36 heavy (non-hydrogen) atoms. The second-order valence-electron chi connectivity index (χ2n) is 12.0. The van der Waals surface area contributed by atoms with Crippen molar-refractivity contribution in [2.75, 3.05) is 26.2 Å². The summed E-state index contributed by atoms with van der Waals surface area (Å²) in [5, 5.41) is 0. The fourth-order valence-corrected chi connectivity index (χ4v) is 7.99. The zero-order chi connectivity index (χ0) is 24.5. The molecule has 0 radical (unpaired) electrons. The van der Waals surface area contributed by atoms with E-state index in [1.54, 1.807) is 11.1 Å². The minimum absolute atomic E-state index is 0.375. The van der Waals surface area contributed by atoms with Crippen LogP contribution in [0, 0.1) is 0 Å². The van der Waals surface area contributed by atoms with E-state index < -0.39 is 0 Å². The van der Waals surface area contributed by atoms with E-state index in [1.165, 1.54) is 129 Å². The number of hydrogen-bond donors (Lipinski definition) is 0. The van der Waals surface area contributed by atoms with Crippen molar-refractivity contribution in [3.8, 4) is 0 Å². The van der Waals surface area contributed by atoms with Crippen molar-refractivity contribution in [2.45, 2.75) is 114 Å². The third-order valence-corrected chi connectivity index (χ3v) is 9.91. The van der Waals surface area contributed by atoms with Crippen LogP contribution in [-0.4, -0.2) is 36.0 Å². The van der Waals surface area contributed by atoms with Crippen LogP contribution in [0.5, 0.6) is 0 Å². The zero-order valence-corrected chi connectivity index (χ0v) is 22.8. The van der Waals surface area contributed by atoms with Crippen molar-refractivity contribution >= 4 is 0 Å². The molecule has 2 saturated heterocycles. The largest absolute Gasteiger partial charge is 0.294 e. The molecule has 4 fully saturated rings. The van der Waals surface area contributed by atoms with Crippen molar-refractivity contribution in [1.29, 1.82) is 0 Å². The Labute approximate surface area is 221 Å². The molecule has 0 N–H and O–H groups in total. The second kappa shape index (κ2) is 12.7. The quantitative estimate of drug-likeness (QED) is 0.426. The van der Waals surface area contributed by atoms with Gasteiger partial charge in [0.2, 0.25) is 0 Å². The van der Waals surface area contributed by atoms with Gasteiger partial charge in [0.15, 0.2) is 0 Å². The first-order valence-electron chi connectivity index (χ1n) is 15.4. The van der Waals surface area contributed by atoms with Gasteiger partial charge in [0.1, 0.15) is 0 Å². The average molecular weight is 487 g/mol. The molecule has 0 bridgehead atoms. The highest BCUT2D eigenvalue weighted by Gasteiger charge is 2.40. The maximum Gasteiger partial charge on any atom is 0.0460 e. The Morgan fingerprint density at radius 3 is 1.00 bits per heavy atom. The van der Waals surface area contributed by atoms with E-state index in [4.69, 9.17) is 0 Å². The first kappa shape index (κ1) is 26.0. The third kappa shape index (κ3) is 5.76. The molecule has 0 spiro atoms. The summed E-state index contributed by atoms with van der Waals surface area (Å²) in [5.74, 6) is 0. The van der Waals surface area contributed by atoms with Gasteiger partial charge in [-0.25, -0.2) is 0 Å². The summed E-state index contributed by atoms with van der Waals surface area (Å²) in [6, 6.07) is 22.6. The molecule has 4 aliphatic rings. The van der Waals surface area contributed by atoms with Crippen molar-refractivity contribution < 1.29 is 0 Å². The number of rotatable bonds is 4. The van der Waals surface area contributed by atoms with Crippen LogP contribution in [0.2, 0.25) is 0 Å². The third-order valence-electron chi connectivity index (χ3n) is 9.91. The van der Waals surface area contributed by atoms with E-state index in [-0.39, 0.29) is 0 Å². The van der Waals surface area contributed by atoms with Crippen LogP contribution in [0.3, 0.4) is 0 Å². The molecule has 2 heteroatoms. The lowest BCUT2D eigenvalue weighted by Gasteiger charge is -2.48. The van der Waals surface area contributed by atoms with Crippen LogP contribution in [0.4, 0.5) is 0 Å². The smallest absolute Gasteiger partial charge is 0.0460 e. The zero-order valence-electron chi connectivity index (χ0n) is 22.8. The van der Waals surface area contributed by atoms with E-state index in [0.717, 1.165) is 0 Å². The summed E-state index contributed by atoms with van der Waals surface area (Å²) in [5.41, 5.74) is 3.90. The van der Waals surface area contributed by atoms with Gasteiger partial charge in [0.25, 0.3) is 0 Å². The van der Waals surface area contributed by atoms with Gasteiger partial charge >= 0.3 is 0 Å². The van der Waals surface area contributed by atoms with Crippen LogP contribution < -0.4 is 0 Å². The van der Waals surface area contributed by atoms with Crippen molar-refractivity contribution in [3.05, 3.63) is 71.8 Å². The number of hydrogen-bond acceptors (Lipinski definition) is 2. The molecule has 2 aromatic rings. The Bertz CT molecular complexity index is 792. The molecule has 0 amide bonds. The highest BCUT2D eigenvalue weighted by molar-refractivity contribution is 5.26. The van der Waals surface area contributed by atoms with Crippen LogP contribution >= 0.6 is 0 Å². The molecule has 6 rings (SSSR count). The summed E-state index contributed by atoms with van der Waals surface area (Å²) in [6.07, 6.45) is 22.4. The highest BCUT2D eigenvalue weighted by Crippen LogP contribution is 2.44. The van der Waals surface area contributed by atoms with Crippen LogP contribution in [-0.2, 0) is 11.1 Å². The normalized spacial score (nSPS) is 24.9. The van der Waals surface area contributed by atoms with E-state index in [1.807, 2.05) is 0 Å². The van der Waals surface area contributed by atoms with Gasteiger partial charge in [0, 0.05) is 11.1 Å². The predicted octanol–water partition coefficient (Wildman–Crippen LogP) is 8.66. The second-order valence-corrected chi connectivity index (χ2v) is 12.0. The topological polar surface area (TPSA) is 6.48 Å². The monoisotopic (exact) mass is 486 g/mol. The van der Waals surface area contributed by atoms with E-state index in [9.17, 15) is 0 Å². The molecule has 2 aliphatic heterocycles. The summed E-state index contributed by atoms with van der Waals surface area (Å²) >= 11 is 0. The van der Waals surface area contributed by atoms with Crippen LogP contribution in [0.1, 0.15) is 114 Å². The predicted molar refractivity (Wildman–Crippen MR) is 153 cm³/mol. The van der Waals surface area contributed by atoms with Crippen molar-refractivity contribution in [2.24, 2.45) is 0 Å². The minimum atomic E-state index is 0.375. The van der Waals surface area contributed by atoms with Crippen LogP contribution in [0.15, 0.2) is 60.7 Å². The Hall–Kier alpha value is -1.64. The Morgan fingerprint density at radius 2 is 0.667 bits per heavy atom. The van der Waals surface area contributed by atoms with E-state index in [0.29, 0.717) is 11.1 Å². The van der Waals surface area contributed by atoms with Gasteiger partial charge in [-0.15, -0.1) is 0 Å². The van der Waals surface area contributed by atoms with E-state index in [2.05, 4.69) is 70.5 Å². The van der Waals surface area contributed by atoms with Gasteiger partial charge in [-0.1, -0.05) is 112 Å². The van der Waals surface area contributed by atoms with Gasteiger partial charge in [-0.3, -0.25) is 9.80 Å². The molecule has 2 aromatic carbocycles. The molecule has 2 aliphatic carbocycles. The van der Waals surface area contributed by atoms with Crippen molar-refractivity contribution in [3.63, 3.8) is 0 Å².